The third-order valence-corrected chi connectivity index (χ3v) is 6.02. The lowest BCUT2D eigenvalue weighted by molar-refractivity contribution is -0.287. The summed E-state index contributed by atoms with van der Waals surface area (Å²) in [6.45, 7) is 3.97. The van der Waals surface area contributed by atoms with E-state index in [0.29, 0.717) is 4.90 Å². The number of esters is 1. The van der Waals surface area contributed by atoms with Crippen LogP contribution in [0.3, 0.4) is 0 Å². The number of alkyl halides is 6. The zero-order valence-electron chi connectivity index (χ0n) is 20.6. The molecule has 0 saturated carbocycles. The Labute approximate surface area is 210 Å². The Morgan fingerprint density at radius 2 is 1.32 bits per heavy atom. The summed E-state index contributed by atoms with van der Waals surface area (Å²) in [5.41, 5.74) is 2.35. The number of ether oxygens (including phenoxy) is 2. The van der Waals surface area contributed by atoms with Crippen LogP contribution >= 0.6 is 0 Å². The van der Waals surface area contributed by atoms with E-state index in [1.807, 2.05) is 36.4 Å². The number of hydrogen-bond acceptors (Lipinski definition) is 4. The van der Waals surface area contributed by atoms with Crippen molar-refractivity contribution in [2.45, 2.75) is 57.1 Å². The molecular formula is C26H27F6NO4. The molecule has 1 atom stereocenters. The number of halogens is 6. The molecule has 0 aliphatic heterocycles. The molecule has 5 nitrogen and oxygen atoms in total. The summed E-state index contributed by atoms with van der Waals surface area (Å²) in [7, 11) is 0.914. The van der Waals surface area contributed by atoms with Gasteiger partial charge >= 0.3 is 24.4 Å². The molecule has 1 amide bonds. The molecule has 0 fully saturated rings. The summed E-state index contributed by atoms with van der Waals surface area (Å²) in [5, 5.41) is 0. The highest BCUT2D eigenvalue weighted by atomic mass is 19.4. The van der Waals surface area contributed by atoms with Gasteiger partial charge in [0.15, 0.2) is 5.92 Å². The van der Waals surface area contributed by atoms with Crippen molar-refractivity contribution in [3.8, 4) is 11.1 Å². The average Bonchev–Trinajstić information content (AvgIpc) is 3.08. The largest absolute Gasteiger partial charge is 0.458 e. The van der Waals surface area contributed by atoms with Gasteiger partial charge in [0.1, 0.15) is 18.2 Å². The summed E-state index contributed by atoms with van der Waals surface area (Å²) in [5.74, 6) is -5.65. The zero-order chi connectivity index (χ0) is 27.8. The van der Waals surface area contributed by atoms with Crippen LogP contribution in [0.25, 0.3) is 11.1 Å². The molecule has 0 heterocycles. The molecular weight excluding hydrogens is 504 g/mol. The first-order chi connectivity index (χ1) is 17.0. The van der Waals surface area contributed by atoms with Crippen molar-refractivity contribution in [1.29, 1.82) is 0 Å². The lowest BCUT2D eigenvalue weighted by Crippen LogP contribution is -2.50. The van der Waals surface area contributed by atoms with E-state index in [1.165, 1.54) is 20.8 Å². The Hall–Kier alpha value is -3.24. The molecule has 37 heavy (non-hydrogen) atoms. The summed E-state index contributed by atoms with van der Waals surface area (Å²) < 4.78 is 90.0. The number of rotatable bonds is 6. The fourth-order valence-electron chi connectivity index (χ4n) is 4.28. The minimum absolute atomic E-state index is 0.236. The number of fused-ring (bicyclic) bond motifs is 3. The molecule has 0 bridgehead atoms. The van der Waals surface area contributed by atoms with Crippen molar-refractivity contribution in [1.82, 2.24) is 4.90 Å². The average molecular weight is 531 g/mol. The highest BCUT2D eigenvalue weighted by Crippen LogP contribution is 2.45. The number of nitrogens with zero attached hydrogens (tertiary/aromatic N) is 1. The third-order valence-electron chi connectivity index (χ3n) is 6.02. The van der Waals surface area contributed by atoms with Crippen molar-refractivity contribution < 1.29 is 45.4 Å². The second-order valence-corrected chi connectivity index (χ2v) is 9.84. The number of amides is 1. The normalized spacial score (nSPS) is 14.7. The van der Waals surface area contributed by atoms with Gasteiger partial charge in [-0.15, -0.1) is 0 Å². The standard InChI is InChI=1S/C26H27F6NO4/c1-24(2,3)37-22(34)20(13-21(25(27,28)29)26(30,31)32)33(4)23(35)36-14-19-17-11-7-5-9-15(17)16-10-6-8-12-18(16)19/h5-12,19-21H,13-14H2,1-4H3/t20-/m0/s1. The van der Waals surface area contributed by atoms with Gasteiger partial charge in [-0.05, 0) is 49.4 Å². The van der Waals surface area contributed by atoms with E-state index in [4.69, 9.17) is 9.47 Å². The topological polar surface area (TPSA) is 55.8 Å². The van der Waals surface area contributed by atoms with Gasteiger partial charge in [0.25, 0.3) is 0 Å². The Kier molecular flexibility index (Phi) is 7.85. The minimum Gasteiger partial charge on any atom is -0.458 e. The second kappa shape index (κ2) is 10.3. The molecule has 1 aliphatic carbocycles. The number of carbonyl (C=O) groups excluding carboxylic acids is 2. The first-order valence-electron chi connectivity index (χ1n) is 11.4. The molecule has 0 N–H and O–H groups in total. The van der Waals surface area contributed by atoms with E-state index in [2.05, 4.69) is 0 Å². The third kappa shape index (κ3) is 6.56. The molecule has 11 heteroatoms. The first-order valence-corrected chi connectivity index (χ1v) is 11.4. The highest BCUT2D eigenvalue weighted by molar-refractivity contribution is 5.82. The van der Waals surface area contributed by atoms with Crippen LogP contribution in [0, 0.1) is 5.92 Å². The van der Waals surface area contributed by atoms with Gasteiger partial charge in [-0.3, -0.25) is 4.90 Å². The highest BCUT2D eigenvalue weighted by Gasteiger charge is 2.58. The summed E-state index contributed by atoms with van der Waals surface area (Å²) in [6.07, 6.45) is -14.4. The number of hydrogen-bond donors (Lipinski definition) is 0. The van der Waals surface area contributed by atoms with Crippen molar-refractivity contribution >= 4 is 12.1 Å². The summed E-state index contributed by atoms with van der Waals surface area (Å²) in [6, 6.07) is 12.6. The van der Waals surface area contributed by atoms with E-state index >= 15 is 0 Å². The van der Waals surface area contributed by atoms with E-state index < -0.39 is 54.3 Å². The molecule has 3 rings (SSSR count). The van der Waals surface area contributed by atoms with Gasteiger partial charge < -0.3 is 9.47 Å². The lowest BCUT2D eigenvalue weighted by Gasteiger charge is -2.33. The quantitative estimate of drug-likeness (QED) is 0.307. The molecule has 0 aromatic heterocycles. The summed E-state index contributed by atoms with van der Waals surface area (Å²) >= 11 is 0. The van der Waals surface area contributed by atoms with Crippen molar-refractivity contribution in [2.24, 2.45) is 5.92 Å². The van der Waals surface area contributed by atoms with Crippen LogP contribution < -0.4 is 0 Å². The van der Waals surface area contributed by atoms with Gasteiger partial charge in [0.05, 0.1) is 0 Å². The molecule has 0 radical (unpaired) electrons. The number of carbonyl (C=O) groups is 2. The van der Waals surface area contributed by atoms with Crippen LogP contribution in [0.2, 0.25) is 0 Å². The maximum atomic E-state index is 13.3. The zero-order valence-corrected chi connectivity index (χ0v) is 20.6. The fraction of sp³-hybridized carbons (Fsp3) is 0.462. The van der Waals surface area contributed by atoms with Crippen molar-refractivity contribution in [3.05, 3.63) is 59.7 Å². The van der Waals surface area contributed by atoms with Crippen LogP contribution in [0.15, 0.2) is 48.5 Å². The van der Waals surface area contributed by atoms with Crippen LogP contribution in [0.1, 0.15) is 44.2 Å². The maximum absolute atomic E-state index is 13.3. The lowest BCUT2D eigenvalue weighted by atomic mass is 9.97. The smallest absolute Gasteiger partial charge is 0.410 e. The summed E-state index contributed by atoms with van der Waals surface area (Å²) in [4.78, 5) is 26.0. The molecule has 2 aromatic carbocycles. The van der Waals surface area contributed by atoms with E-state index in [-0.39, 0.29) is 6.61 Å². The predicted octanol–water partition coefficient (Wildman–Crippen LogP) is 6.71. The number of benzene rings is 2. The maximum Gasteiger partial charge on any atom is 0.410 e. The molecule has 2 aromatic rings. The molecule has 0 unspecified atom stereocenters. The molecule has 0 saturated heterocycles. The molecule has 202 valence electrons. The van der Waals surface area contributed by atoms with Gasteiger partial charge in [-0.1, -0.05) is 48.5 Å². The van der Waals surface area contributed by atoms with Crippen molar-refractivity contribution in [2.75, 3.05) is 13.7 Å². The molecule has 1 aliphatic rings. The van der Waals surface area contributed by atoms with Crippen molar-refractivity contribution in [3.63, 3.8) is 0 Å². The van der Waals surface area contributed by atoms with Crippen LogP contribution in [-0.4, -0.2) is 54.6 Å². The predicted molar refractivity (Wildman–Crippen MR) is 123 cm³/mol. The second-order valence-electron chi connectivity index (χ2n) is 9.84. The van der Waals surface area contributed by atoms with Crippen LogP contribution in [-0.2, 0) is 14.3 Å². The minimum atomic E-state index is -5.69. The monoisotopic (exact) mass is 531 g/mol. The fourth-order valence-corrected chi connectivity index (χ4v) is 4.28. The van der Waals surface area contributed by atoms with Crippen LogP contribution in [0.5, 0.6) is 0 Å². The van der Waals surface area contributed by atoms with Gasteiger partial charge in [-0.2, -0.15) is 26.3 Å². The SMILES string of the molecule is CN(C(=O)OCC1c2ccccc2-c2ccccc21)[C@@H](CC(C(F)(F)F)C(F)(F)F)C(=O)OC(C)(C)C. The first kappa shape index (κ1) is 28.3. The van der Waals surface area contributed by atoms with E-state index in [0.717, 1.165) is 29.3 Å². The van der Waals surface area contributed by atoms with Gasteiger partial charge in [-0.25, -0.2) is 9.59 Å². The van der Waals surface area contributed by atoms with Crippen LogP contribution in [0.4, 0.5) is 31.1 Å². The molecule has 0 spiro atoms. The Morgan fingerprint density at radius 3 is 1.76 bits per heavy atom. The van der Waals surface area contributed by atoms with E-state index in [9.17, 15) is 35.9 Å². The number of likely N-dealkylation sites (N-methyl/N-ethyl adjacent to an activating group) is 1. The Bertz CT molecular complexity index is 1080. The Morgan fingerprint density at radius 1 is 0.865 bits per heavy atom. The van der Waals surface area contributed by atoms with Gasteiger partial charge in [0, 0.05) is 13.0 Å². The Balaban J connectivity index is 1.83. The van der Waals surface area contributed by atoms with E-state index in [1.54, 1.807) is 12.1 Å². The van der Waals surface area contributed by atoms with Gasteiger partial charge in [0.2, 0.25) is 0 Å².